The second kappa shape index (κ2) is 5.56. The van der Waals surface area contributed by atoms with Gasteiger partial charge in [0.05, 0.1) is 6.10 Å². The normalized spacial score (nSPS) is 12.2. The summed E-state index contributed by atoms with van der Waals surface area (Å²) in [5.41, 5.74) is 1.98. The molecule has 0 radical (unpaired) electrons. The van der Waals surface area contributed by atoms with E-state index in [1.807, 2.05) is 24.3 Å². The van der Waals surface area contributed by atoms with E-state index in [-0.39, 0.29) is 0 Å². The average molecular weight is 206 g/mol. The minimum absolute atomic E-state index is 0.426. The lowest BCUT2D eigenvalue weighted by Crippen LogP contribution is -1.99. The molecular weight excluding hydrogens is 188 g/mol. The van der Waals surface area contributed by atoms with Gasteiger partial charge in [-0.2, -0.15) is 0 Å². The quantitative estimate of drug-likeness (QED) is 0.750. The van der Waals surface area contributed by atoms with Crippen molar-refractivity contribution in [1.82, 2.24) is 0 Å². The molecule has 0 aliphatic carbocycles. The van der Waals surface area contributed by atoms with Crippen molar-refractivity contribution in [1.29, 1.82) is 0 Å². The van der Waals surface area contributed by atoms with Crippen LogP contribution in [0.3, 0.4) is 0 Å². The maximum atomic E-state index is 9.32. The Bertz CT molecular complexity index is 312. The van der Waals surface area contributed by atoms with Gasteiger partial charge in [-0.15, -0.1) is 0 Å². The second-order valence-corrected chi connectivity index (χ2v) is 3.64. The molecule has 0 amide bonds. The molecule has 1 aromatic carbocycles. The van der Waals surface area contributed by atoms with Gasteiger partial charge in [-0.25, -0.2) is 0 Å². The van der Waals surface area contributed by atoms with Gasteiger partial charge in [0.2, 0.25) is 0 Å². The van der Waals surface area contributed by atoms with Crippen LogP contribution >= 0.6 is 0 Å². The maximum Gasteiger partial charge on any atom is 0.119 e. The lowest BCUT2D eigenvalue weighted by molar-refractivity contribution is 0.199. The third-order valence-corrected chi connectivity index (χ3v) is 2.31. The van der Waals surface area contributed by atoms with E-state index in [2.05, 4.69) is 13.5 Å². The highest BCUT2D eigenvalue weighted by Crippen LogP contribution is 2.17. The molecule has 0 saturated carbocycles. The fraction of sp³-hybridized carbons (Fsp3) is 0.385. The molecule has 0 fully saturated rings. The van der Waals surface area contributed by atoms with Gasteiger partial charge in [0.25, 0.3) is 0 Å². The molecule has 2 nitrogen and oxygen atoms in total. The summed E-state index contributed by atoms with van der Waals surface area (Å²) in [6.07, 6.45) is 0.510. The summed E-state index contributed by atoms with van der Waals surface area (Å²) in [7, 11) is 0. The van der Waals surface area contributed by atoms with Crippen LogP contribution in [0.15, 0.2) is 36.4 Å². The Balaban J connectivity index is 2.53. The third-order valence-electron chi connectivity index (χ3n) is 2.31. The molecule has 0 bridgehead atoms. The lowest BCUT2D eigenvalue weighted by Gasteiger charge is -2.09. The molecule has 0 aromatic heterocycles. The van der Waals surface area contributed by atoms with Gasteiger partial charge >= 0.3 is 0 Å². The zero-order valence-electron chi connectivity index (χ0n) is 9.36. The molecule has 82 valence electrons. The summed E-state index contributed by atoms with van der Waals surface area (Å²) in [4.78, 5) is 0. The van der Waals surface area contributed by atoms with Crippen LogP contribution in [0.1, 0.15) is 31.9 Å². The Kier molecular flexibility index (Phi) is 4.37. The van der Waals surface area contributed by atoms with E-state index in [1.165, 1.54) is 0 Å². The molecule has 0 spiro atoms. The highest BCUT2D eigenvalue weighted by Gasteiger charge is 2.00. The summed E-state index contributed by atoms with van der Waals surface area (Å²) in [6.45, 7) is 8.23. The first-order chi connectivity index (χ1) is 7.13. The van der Waals surface area contributed by atoms with Crippen LogP contribution in [-0.2, 0) is 0 Å². The van der Waals surface area contributed by atoms with Crippen molar-refractivity contribution in [3.63, 3.8) is 0 Å². The fourth-order valence-electron chi connectivity index (χ4n) is 1.13. The topological polar surface area (TPSA) is 29.5 Å². The van der Waals surface area contributed by atoms with Crippen molar-refractivity contribution in [2.45, 2.75) is 26.4 Å². The average Bonchev–Trinajstić information content (AvgIpc) is 2.26. The monoisotopic (exact) mass is 206 g/mol. The van der Waals surface area contributed by atoms with Crippen LogP contribution in [-0.4, -0.2) is 11.7 Å². The SMILES string of the molecule is C=C(CC)COc1ccc(C(C)O)cc1. The standard InChI is InChI=1S/C13H18O2/c1-4-10(2)9-15-13-7-5-12(6-8-13)11(3)14/h5-8,11,14H,2,4,9H2,1,3H3. The Morgan fingerprint density at radius 2 is 2.00 bits per heavy atom. The van der Waals surface area contributed by atoms with Crippen LogP contribution in [0, 0.1) is 0 Å². The number of rotatable bonds is 5. The number of benzene rings is 1. The van der Waals surface area contributed by atoms with E-state index in [1.54, 1.807) is 6.92 Å². The first-order valence-corrected chi connectivity index (χ1v) is 5.21. The second-order valence-electron chi connectivity index (χ2n) is 3.64. The van der Waals surface area contributed by atoms with Crippen LogP contribution < -0.4 is 4.74 Å². The smallest absolute Gasteiger partial charge is 0.119 e. The number of aliphatic hydroxyl groups is 1. The van der Waals surface area contributed by atoms with E-state index in [0.29, 0.717) is 6.61 Å². The molecular formula is C13H18O2. The highest BCUT2D eigenvalue weighted by atomic mass is 16.5. The van der Waals surface area contributed by atoms with Crippen molar-refractivity contribution in [3.05, 3.63) is 42.0 Å². The minimum atomic E-state index is -0.426. The Morgan fingerprint density at radius 3 is 2.47 bits per heavy atom. The van der Waals surface area contributed by atoms with Gasteiger partial charge in [0.1, 0.15) is 12.4 Å². The molecule has 15 heavy (non-hydrogen) atoms. The zero-order chi connectivity index (χ0) is 11.3. The van der Waals surface area contributed by atoms with Gasteiger partial charge in [-0.3, -0.25) is 0 Å². The molecule has 0 heterocycles. The molecule has 1 aromatic rings. The molecule has 1 unspecified atom stereocenters. The Labute approximate surface area is 91.2 Å². The number of hydrogen-bond acceptors (Lipinski definition) is 2. The predicted octanol–water partition coefficient (Wildman–Crippen LogP) is 3.08. The largest absolute Gasteiger partial charge is 0.489 e. The van der Waals surface area contributed by atoms with Crippen molar-refractivity contribution >= 4 is 0 Å². The minimum Gasteiger partial charge on any atom is -0.489 e. The summed E-state index contributed by atoms with van der Waals surface area (Å²) >= 11 is 0. The van der Waals surface area contributed by atoms with Gasteiger partial charge < -0.3 is 9.84 Å². The van der Waals surface area contributed by atoms with Crippen molar-refractivity contribution < 1.29 is 9.84 Å². The predicted molar refractivity (Wildman–Crippen MR) is 62.0 cm³/mol. The van der Waals surface area contributed by atoms with E-state index in [4.69, 9.17) is 4.74 Å². The maximum absolute atomic E-state index is 9.32. The molecule has 1 N–H and O–H groups in total. The summed E-state index contributed by atoms with van der Waals surface area (Å²) < 4.78 is 5.51. The first kappa shape index (κ1) is 11.8. The fourth-order valence-corrected chi connectivity index (χ4v) is 1.13. The van der Waals surface area contributed by atoms with Crippen molar-refractivity contribution in [3.8, 4) is 5.75 Å². The van der Waals surface area contributed by atoms with Crippen LogP contribution in [0.5, 0.6) is 5.75 Å². The number of aliphatic hydroxyl groups excluding tert-OH is 1. The zero-order valence-corrected chi connectivity index (χ0v) is 9.36. The summed E-state index contributed by atoms with van der Waals surface area (Å²) in [5, 5.41) is 9.32. The van der Waals surface area contributed by atoms with Gasteiger partial charge in [-0.05, 0) is 36.6 Å². The number of hydrogen-bond donors (Lipinski definition) is 1. The van der Waals surface area contributed by atoms with Gasteiger partial charge in [0.15, 0.2) is 0 Å². The summed E-state index contributed by atoms with van der Waals surface area (Å²) in [5.74, 6) is 0.814. The van der Waals surface area contributed by atoms with Crippen LogP contribution in [0.4, 0.5) is 0 Å². The van der Waals surface area contributed by atoms with Gasteiger partial charge in [0, 0.05) is 0 Å². The van der Waals surface area contributed by atoms with E-state index >= 15 is 0 Å². The van der Waals surface area contributed by atoms with Crippen LogP contribution in [0.2, 0.25) is 0 Å². The van der Waals surface area contributed by atoms with Crippen LogP contribution in [0.25, 0.3) is 0 Å². The van der Waals surface area contributed by atoms with E-state index < -0.39 is 6.10 Å². The highest BCUT2D eigenvalue weighted by molar-refractivity contribution is 5.28. The summed E-state index contributed by atoms with van der Waals surface area (Å²) in [6, 6.07) is 7.47. The molecule has 0 aliphatic rings. The third kappa shape index (κ3) is 3.76. The van der Waals surface area contributed by atoms with Gasteiger partial charge in [-0.1, -0.05) is 25.6 Å². The Hall–Kier alpha value is -1.28. The Morgan fingerprint density at radius 1 is 1.40 bits per heavy atom. The molecule has 0 aliphatic heterocycles. The number of ether oxygens (including phenoxy) is 1. The molecule has 0 saturated heterocycles. The lowest BCUT2D eigenvalue weighted by atomic mass is 10.1. The molecule has 1 atom stereocenters. The van der Waals surface area contributed by atoms with E-state index in [9.17, 15) is 5.11 Å². The first-order valence-electron chi connectivity index (χ1n) is 5.21. The van der Waals surface area contributed by atoms with E-state index in [0.717, 1.165) is 23.3 Å². The molecule has 2 heteroatoms. The van der Waals surface area contributed by atoms with Crippen molar-refractivity contribution in [2.24, 2.45) is 0 Å². The molecule has 1 rings (SSSR count). The van der Waals surface area contributed by atoms with Crippen molar-refractivity contribution in [2.75, 3.05) is 6.61 Å².